The van der Waals surface area contributed by atoms with Gasteiger partial charge in [-0.25, -0.2) is 9.37 Å². The monoisotopic (exact) mass is 486 g/mol. The summed E-state index contributed by atoms with van der Waals surface area (Å²) in [5.74, 6) is 2.87. The normalized spacial score (nSPS) is 17.1. The number of imidazole rings is 1. The molecule has 0 saturated carbocycles. The zero-order valence-electron chi connectivity index (χ0n) is 20.6. The molecule has 182 valence electrons. The zero-order valence-corrected chi connectivity index (χ0v) is 21.4. The average Bonchev–Trinajstić information content (AvgIpc) is 3.30. The van der Waals surface area contributed by atoms with Gasteiger partial charge in [-0.1, -0.05) is 74.1 Å². The molecule has 1 aliphatic rings. The second-order valence-corrected chi connectivity index (χ2v) is 10.0. The van der Waals surface area contributed by atoms with Crippen LogP contribution in [0.25, 0.3) is 16.8 Å². The lowest BCUT2D eigenvalue weighted by molar-refractivity contribution is 0.628. The maximum atomic E-state index is 13.8. The molecule has 1 aromatic heterocycles. The SMILES string of the molecule is CCCCSCc1nc(-c2ccc(F)cc2)c(C2=C/C=C\CCC/C=C\2)n1CCc1ccccc1. The number of aryl methyl sites for hydroxylation is 1. The van der Waals surface area contributed by atoms with E-state index in [9.17, 15) is 4.39 Å². The molecule has 1 aliphatic carbocycles. The van der Waals surface area contributed by atoms with Crippen molar-refractivity contribution in [3.8, 4) is 11.3 Å². The third-order valence-electron chi connectivity index (χ3n) is 6.23. The summed E-state index contributed by atoms with van der Waals surface area (Å²) in [4.78, 5) is 5.19. The van der Waals surface area contributed by atoms with Crippen LogP contribution in [0.3, 0.4) is 0 Å². The largest absolute Gasteiger partial charge is 0.326 e. The van der Waals surface area contributed by atoms with E-state index in [1.165, 1.54) is 30.5 Å². The molecule has 0 fully saturated rings. The number of rotatable bonds is 10. The fourth-order valence-electron chi connectivity index (χ4n) is 4.29. The number of allylic oxidation sites excluding steroid dienone is 6. The summed E-state index contributed by atoms with van der Waals surface area (Å²) in [5.41, 5.74) is 5.50. The van der Waals surface area contributed by atoms with Gasteiger partial charge in [-0.2, -0.15) is 11.8 Å². The molecule has 3 aromatic rings. The summed E-state index contributed by atoms with van der Waals surface area (Å²) < 4.78 is 16.2. The molecule has 4 rings (SSSR count). The molecule has 35 heavy (non-hydrogen) atoms. The first kappa shape index (κ1) is 25.2. The second kappa shape index (κ2) is 13.3. The van der Waals surface area contributed by atoms with Crippen LogP contribution in [-0.2, 0) is 18.7 Å². The van der Waals surface area contributed by atoms with Crippen molar-refractivity contribution in [1.29, 1.82) is 0 Å². The van der Waals surface area contributed by atoms with Crippen molar-refractivity contribution < 1.29 is 4.39 Å². The van der Waals surface area contributed by atoms with E-state index in [1.54, 1.807) is 0 Å². The Kier molecular flexibility index (Phi) is 9.59. The number of hydrogen-bond donors (Lipinski definition) is 0. The summed E-state index contributed by atoms with van der Waals surface area (Å²) in [6.07, 6.45) is 17.8. The van der Waals surface area contributed by atoms with Crippen molar-refractivity contribution in [2.75, 3.05) is 5.75 Å². The van der Waals surface area contributed by atoms with Crippen LogP contribution in [0.2, 0.25) is 0 Å². The number of nitrogens with zero attached hydrogens (tertiary/aromatic N) is 2. The van der Waals surface area contributed by atoms with Crippen molar-refractivity contribution in [3.05, 3.63) is 108 Å². The van der Waals surface area contributed by atoms with Crippen LogP contribution in [-0.4, -0.2) is 15.3 Å². The molecule has 0 aliphatic heterocycles. The lowest BCUT2D eigenvalue weighted by atomic mass is 10.0. The van der Waals surface area contributed by atoms with Crippen LogP contribution in [0, 0.1) is 5.82 Å². The van der Waals surface area contributed by atoms with Crippen molar-refractivity contribution >= 4 is 17.3 Å². The Balaban J connectivity index is 1.81. The predicted molar refractivity (Wildman–Crippen MR) is 149 cm³/mol. The van der Waals surface area contributed by atoms with Gasteiger partial charge in [0, 0.05) is 17.7 Å². The van der Waals surface area contributed by atoms with E-state index in [-0.39, 0.29) is 5.82 Å². The number of unbranched alkanes of at least 4 members (excludes halogenated alkanes) is 1. The summed E-state index contributed by atoms with van der Waals surface area (Å²) in [6.45, 7) is 3.09. The Labute approximate surface area is 213 Å². The standard InChI is InChI=1S/C31H35FN2S/c1-2-3-23-35-24-29-33-30(26-17-19-28(32)20-18-26)31(27-15-11-6-4-5-7-12-16-27)34(29)22-21-25-13-9-8-10-14-25/h6,8-20H,2-5,7,21-24H2,1H3/b11-6-,16-12-,27-15+. The van der Waals surface area contributed by atoms with Gasteiger partial charge in [-0.15, -0.1) is 0 Å². The Morgan fingerprint density at radius 3 is 2.60 bits per heavy atom. The van der Waals surface area contributed by atoms with E-state index in [1.807, 2.05) is 23.9 Å². The van der Waals surface area contributed by atoms with E-state index >= 15 is 0 Å². The van der Waals surface area contributed by atoms with Gasteiger partial charge < -0.3 is 4.57 Å². The van der Waals surface area contributed by atoms with Crippen LogP contribution in [0.5, 0.6) is 0 Å². The minimum Gasteiger partial charge on any atom is -0.326 e. The molecule has 1 heterocycles. The van der Waals surface area contributed by atoms with E-state index in [4.69, 9.17) is 4.98 Å². The van der Waals surface area contributed by atoms with Crippen LogP contribution in [0.15, 0.2) is 85.0 Å². The lowest BCUT2D eigenvalue weighted by Gasteiger charge is -2.14. The van der Waals surface area contributed by atoms with Crippen LogP contribution >= 0.6 is 11.8 Å². The second-order valence-electron chi connectivity index (χ2n) is 8.91. The first-order chi connectivity index (χ1) is 17.3. The first-order valence-electron chi connectivity index (χ1n) is 12.8. The minimum atomic E-state index is -0.223. The third kappa shape index (κ3) is 7.08. The lowest BCUT2D eigenvalue weighted by Crippen LogP contribution is -2.09. The number of thioether (sulfide) groups is 1. The molecule has 0 atom stereocenters. The fraction of sp³-hybridized carbons (Fsp3) is 0.323. The Morgan fingerprint density at radius 1 is 1.00 bits per heavy atom. The first-order valence-corrected chi connectivity index (χ1v) is 13.9. The van der Waals surface area contributed by atoms with Gasteiger partial charge in [0.25, 0.3) is 0 Å². The van der Waals surface area contributed by atoms with E-state index in [0.29, 0.717) is 0 Å². The maximum Gasteiger partial charge on any atom is 0.123 e. The van der Waals surface area contributed by atoms with E-state index in [0.717, 1.165) is 72.1 Å². The Morgan fingerprint density at radius 2 is 1.80 bits per heavy atom. The molecule has 0 bridgehead atoms. The van der Waals surface area contributed by atoms with Gasteiger partial charge in [0.15, 0.2) is 0 Å². The molecule has 0 unspecified atom stereocenters. The molecule has 0 amide bonds. The van der Waals surface area contributed by atoms with Crippen LogP contribution < -0.4 is 0 Å². The van der Waals surface area contributed by atoms with E-state index < -0.39 is 0 Å². The predicted octanol–water partition coefficient (Wildman–Crippen LogP) is 8.64. The molecule has 0 radical (unpaired) electrons. The Hall–Kier alpha value is -2.85. The smallest absolute Gasteiger partial charge is 0.123 e. The molecule has 2 aromatic carbocycles. The van der Waals surface area contributed by atoms with Crippen LogP contribution in [0.1, 0.15) is 56.1 Å². The highest BCUT2D eigenvalue weighted by Gasteiger charge is 2.21. The molecule has 2 nitrogen and oxygen atoms in total. The molecule has 0 N–H and O–H groups in total. The molecule has 4 heteroatoms. The molecular formula is C31H35FN2S. The van der Waals surface area contributed by atoms with Crippen molar-refractivity contribution in [3.63, 3.8) is 0 Å². The average molecular weight is 487 g/mol. The zero-order chi connectivity index (χ0) is 24.3. The summed E-state index contributed by atoms with van der Waals surface area (Å²) in [7, 11) is 0. The van der Waals surface area contributed by atoms with Crippen molar-refractivity contribution in [1.82, 2.24) is 9.55 Å². The molecular weight excluding hydrogens is 451 g/mol. The van der Waals surface area contributed by atoms with Crippen LogP contribution in [0.4, 0.5) is 4.39 Å². The highest BCUT2D eigenvalue weighted by atomic mass is 32.2. The number of benzene rings is 2. The van der Waals surface area contributed by atoms with E-state index in [2.05, 4.69) is 72.2 Å². The number of halogens is 1. The molecule has 0 spiro atoms. The van der Waals surface area contributed by atoms with Gasteiger partial charge in [0.1, 0.15) is 11.6 Å². The van der Waals surface area contributed by atoms with Gasteiger partial charge in [0.2, 0.25) is 0 Å². The van der Waals surface area contributed by atoms with Gasteiger partial charge >= 0.3 is 0 Å². The summed E-state index contributed by atoms with van der Waals surface area (Å²) >= 11 is 1.95. The quantitative estimate of drug-likeness (QED) is 0.267. The summed E-state index contributed by atoms with van der Waals surface area (Å²) in [6, 6.07) is 17.4. The van der Waals surface area contributed by atoms with Crippen molar-refractivity contribution in [2.24, 2.45) is 0 Å². The van der Waals surface area contributed by atoms with Crippen molar-refractivity contribution in [2.45, 2.75) is 57.7 Å². The minimum absolute atomic E-state index is 0.223. The number of aromatic nitrogens is 2. The van der Waals surface area contributed by atoms with Gasteiger partial charge in [-0.05, 0) is 67.7 Å². The fourth-order valence-corrected chi connectivity index (χ4v) is 5.33. The highest BCUT2D eigenvalue weighted by Crippen LogP contribution is 2.33. The summed E-state index contributed by atoms with van der Waals surface area (Å²) in [5, 5.41) is 0. The van der Waals surface area contributed by atoms with Gasteiger partial charge in [-0.3, -0.25) is 0 Å². The van der Waals surface area contributed by atoms with Gasteiger partial charge in [0.05, 0.1) is 17.1 Å². The number of hydrogen-bond acceptors (Lipinski definition) is 2. The Bertz CT molecular complexity index is 1160. The molecule has 0 saturated heterocycles. The maximum absolute atomic E-state index is 13.8. The third-order valence-corrected chi connectivity index (χ3v) is 7.27. The highest BCUT2D eigenvalue weighted by molar-refractivity contribution is 7.98. The topological polar surface area (TPSA) is 17.8 Å².